The van der Waals surface area contributed by atoms with Crippen molar-refractivity contribution in [3.05, 3.63) is 29.8 Å². The Morgan fingerprint density at radius 2 is 2.08 bits per heavy atom. The summed E-state index contributed by atoms with van der Waals surface area (Å²) in [5.74, 6) is 1.73. The largest absolute Gasteiger partial charge is 0.494 e. The first-order valence-electron chi connectivity index (χ1n) is 8.20. The van der Waals surface area contributed by atoms with E-state index in [4.69, 9.17) is 4.74 Å². The summed E-state index contributed by atoms with van der Waals surface area (Å²) in [6.07, 6.45) is 2.65. The van der Waals surface area contributed by atoms with Crippen molar-refractivity contribution in [1.82, 2.24) is 10.6 Å². The number of sulfone groups is 1. The molecule has 144 valence electrons. The quantitative estimate of drug-likeness (QED) is 0.320. The number of hydrogen-bond donors (Lipinski definition) is 2. The van der Waals surface area contributed by atoms with E-state index in [-0.39, 0.29) is 35.8 Å². The predicted octanol–water partition coefficient (Wildman–Crippen LogP) is 2.23. The van der Waals surface area contributed by atoms with E-state index in [0.29, 0.717) is 19.0 Å². The summed E-state index contributed by atoms with van der Waals surface area (Å²) in [5, 5.41) is 6.45. The minimum Gasteiger partial charge on any atom is -0.494 e. The average molecular weight is 483 g/mol. The van der Waals surface area contributed by atoms with E-state index in [2.05, 4.69) is 21.7 Å². The molecule has 6 nitrogen and oxygen atoms in total. The van der Waals surface area contributed by atoms with Crippen LogP contribution in [0.15, 0.2) is 29.3 Å². The number of halogens is 1. The molecule has 8 heteroatoms. The molecular formula is C17H30IN3O3S. The molecule has 25 heavy (non-hydrogen) atoms. The van der Waals surface area contributed by atoms with Crippen LogP contribution in [0.5, 0.6) is 5.75 Å². The molecule has 1 unspecified atom stereocenters. The molecule has 0 bridgehead atoms. The maximum absolute atomic E-state index is 11.2. The van der Waals surface area contributed by atoms with Gasteiger partial charge in [-0.05, 0) is 44.4 Å². The summed E-state index contributed by atoms with van der Waals surface area (Å²) < 4.78 is 27.9. The second-order valence-corrected chi connectivity index (χ2v) is 8.05. The smallest absolute Gasteiger partial charge is 0.191 e. The van der Waals surface area contributed by atoms with Gasteiger partial charge in [0.25, 0.3) is 0 Å². The minimum atomic E-state index is -2.94. The maximum atomic E-state index is 11.2. The SMILES string of the molecule is CCOc1cccc(CCNC(=NC)NC(C)CCS(C)(=O)=O)c1.I. The highest BCUT2D eigenvalue weighted by Crippen LogP contribution is 2.13. The lowest BCUT2D eigenvalue weighted by molar-refractivity contribution is 0.340. The van der Waals surface area contributed by atoms with Gasteiger partial charge in [-0.3, -0.25) is 4.99 Å². The second kappa shape index (κ2) is 12.3. The normalized spacial score (nSPS) is 12.9. The molecule has 0 aliphatic heterocycles. The average Bonchev–Trinajstić information content (AvgIpc) is 2.52. The van der Waals surface area contributed by atoms with E-state index in [1.807, 2.05) is 32.0 Å². The van der Waals surface area contributed by atoms with Gasteiger partial charge in [-0.15, -0.1) is 24.0 Å². The zero-order valence-corrected chi connectivity index (χ0v) is 18.6. The molecule has 0 aromatic heterocycles. The fourth-order valence-corrected chi connectivity index (χ4v) is 2.96. The first kappa shape index (κ1) is 24.0. The summed E-state index contributed by atoms with van der Waals surface area (Å²) >= 11 is 0. The van der Waals surface area contributed by atoms with Gasteiger partial charge in [0.15, 0.2) is 5.96 Å². The van der Waals surface area contributed by atoms with Crippen molar-refractivity contribution >= 4 is 39.8 Å². The Bertz CT molecular complexity index is 636. The highest BCUT2D eigenvalue weighted by atomic mass is 127. The molecular weight excluding hydrogens is 453 g/mol. The van der Waals surface area contributed by atoms with Crippen LogP contribution < -0.4 is 15.4 Å². The Morgan fingerprint density at radius 3 is 2.68 bits per heavy atom. The van der Waals surface area contributed by atoms with Crippen LogP contribution in [0.3, 0.4) is 0 Å². The summed E-state index contributed by atoms with van der Waals surface area (Å²) in [6, 6.07) is 8.07. The van der Waals surface area contributed by atoms with Crippen molar-refractivity contribution in [1.29, 1.82) is 0 Å². The molecule has 1 atom stereocenters. The zero-order chi connectivity index (χ0) is 18.0. The molecule has 0 fully saturated rings. The lowest BCUT2D eigenvalue weighted by atomic mass is 10.1. The van der Waals surface area contributed by atoms with Crippen molar-refractivity contribution in [2.45, 2.75) is 32.7 Å². The van der Waals surface area contributed by atoms with Crippen LogP contribution in [-0.4, -0.2) is 52.6 Å². The highest BCUT2D eigenvalue weighted by Gasteiger charge is 2.09. The summed E-state index contributed by atoms with van der Waals surface area (Å²) in [5.41, 5.74) is 1.19. The Morgan fingerprint density at radius 1 is 1.36 bits per heavy atom. The number of nitrogens with zero attached hydrogens (tertiary/aromatic N) is 1. The summed E-state index contributed by atoms with van der Waals surface area (Å²) in [6.45, 7) is 5.30. The molecule has 0 spiro atoms. The van der Waals surface area contributed by atoms with Crippen LogP contribution in [0.1, 0.15) is 25.8 Å². The van der Waals surface area contributed by atoms with E-state index in [9.17, 15) is 8.42 Å². The van der Waals surface area contributed by atoms with Gasteiger partial charge < -0.3 is 15.4 Å². The van der Waals surface area contributed by atoms with Gasteiger partial charge in [0.05, 0.1) is 12.4 Å². The van der Waals surface area contributed by atoms with Gasteiger partial charge in [-0.2, -0.15) is 0 Å². The highest BCUT2D eigenvalue weighted by molar-refractivity contribution is 14.0. The molecule has 0 radical (unpaired) electrons. The van der Waals surface area contributed by atoms with E-state index in [0.717, 1.165) is 18.7 Å². The third-order valence-corrected chi connectivity index (χ3v) is 4.42. The maximum Gasteiger partial charge on any atom is 0.191 e. The first-order chi connectivity index (χ1) is 11.3. The molecule has 0 saturated carbocycles. The Hall–Kier alpha value is -1.03. The van der Waals surface area contributed by atoms with Crippen LogP contribution in [-0.2, 0) is 16.3 Å². The van der Waals surface area contributed by atoms with Gasteiger partial charge in [-0.25, -0.2) is 8.42 Å². The van der Waals surface area contributed by atoms with Gasteiger partial charge in [0.1, 0.15) is 15.6 Å². The van der Waals surface area contributed by atoms with E-state index in [1.165, 1.54) is 11.8 Å². The van der Waals surface area contributed by atoms with Crippen molar-refractivity contribution in [3.63, 3.8) is 0 Å². The fraction of sp³-hybridized carbons (Fsp3) is 0.588. The second-order valence-electron chi connectivity index (χ2n) is 5.79. The van der Waals surface area contributed by atoms with Crippen LogP contribution >= 0.6 is 24.0 Å². The molecule has 0 saturated heterocycles. The number of hydrogen-bond acceptors (Lipinski definition) is 4. The van der Waals surface area contributed by atoms with Crippen molar-refractivity contribution in [2.24, 2.45) is 4.99 Å². The van der Waals surface area contributed by atoms with Crippen LogP contribution in [0, 0.1) is 0 Å². The molecule has 0 aliphatic carbocycles. The molecule has 1 aromatic rings. The molecule has 1 aromatic carbocycles. The number of aliphatic imine (C=N–C) groups is 1. The topological polar surface area (TPSA) is 79.8 Å². The molecule has 0 heterocycles. The minimum absolute atomic E-state index is 0. The standard InChI is InChI=1S/C17H29N3O3S.HI/c1-5-23-16-8-6-7-15(13-16)9-11-19-17(18-3)20-14(2)10-12-24(4,21)22;/h6-8,13-14H,5,9-12H2,1-4H3,(H2,18,19,20);1H. The van der Waals surface area contributed by atoms with Crippen molar-refractivity contribution < 1.29 is 13.2 Å². The first-order valence-corrected chi connectivity index (χ1v) is 10.3. The molecule has 1 rings (SSSR count). The Labute approximate surface area is 168 Å². The lowest BCUT2D eigenvalue weighted by Gasteiger charge is -2.17. The number of benzene rings is 1. The molecule has 0 aliphatic rings. The monoisotopic (exact) mass is 483 g/mol. The van der Waals surface area contributed by atoms with Gasteiger partial charge >= 0.3 is 0 Å². The molecule has 2 N–H and O–H groups in total. The Balaban J connectivity index is 0.00000576. The van der Waals surface area contributed by atoms with E-state index in [1.54, 1.807) is 7.05 Å². The van der Waals surface area contributed by atoms with Gasteiger partial charge in [0, 0.05) is 25.9 Å². The lowest BCUT2D eigenvalue weighted by Crippen LogP contribution is -2.43. The third-order valence-electron chi connectivity index (χ3n) is 3.44. The zero-order valence-electron chi connectivity index (χ0n) is 15.4. The number of rotatable bonds is 9. The summed E-state index contributed by atoms with van der Waals surface area (Å²) in [7, 11) is -1.23. The fourth-order valence-electron chi connectivity index (χ4n) is 2.17. The van der Waals surface area contributed by atoms with Crippen molar-refractivity contribution in [3.8, 4) is 5.75 Å². The van der Waals surface area contributed by atoms with Crippen LogP contribution in [0.25, 0.3) is 0 Å². The number of nitrogens with one attached hydrogen (secondary N) is 2. The third kappa shape index (κ3) is 11.2. The van der Waals surface area contributed by atoms with Gasteiger partial charge in [-0.1, -0.05) is 12.1 Å². The predicted molar refractivity (Wildman–Crippen MR) is 115 cm³/mol. The number of ether oxygens (including phenoxy) is 1. The van der Waals surface area contributed by atoms with E-state index < -0.39 is 9.84 Å². The molecule has 0 amide bonds. The van der Waals surface area contributed by atoms with Crippen molar-refractivity contribution in [2.75, 3.05) is 32.2 Å². The summed E-state index contributed by atoms with van der Waals surface area (Å²) in [4.78, 5) is 4.17. The Kier molecular flexibility index (Phi) is 11.8. The van der Waals surface area contributed by atoms with Crippen LogP contribution in [0.2, 0.25) is 0 Å². The van der Waals surface area contributed by atoms with Crippen LogP contribution in [0.4, 0.5) is 0 Å². The number of guanidine groups is 1. The van der Waals surface area contributed by atoms with Gasteiger partial charge in [0.2, 0.25) is 0 Å². The van der Waals surface area contributed by atoms with E-state index >= 15 is 0 Å².